The summed E-state index contributed by atoms with van der Waals surface area (Å²) in [5.74, 6) is 3.21. The molecule has 1 aromatic carbocycles. The molecule has 4 atom stereocenters. The van der Waals surface area contributed by atoms with Gasteiger partial charge in [-0.3, -0.25) is 4.90 Å². The fraction of sp³-hybridized carbons (Fsp3) is 0.520. The molecule has 7 heteroatoms. The molecule has 170 valence electrons. The van der Waals surface area contributed by atoms with E-state index in [2.05, 4.69) is 39.5 Å². The molecule has 1 amide bonds. The van der Waals surface area contributed by atoms with Gasteiger partial charge in [-0.2, -0.15) is 0 Å². The minimum atomic E-state index is -0.451. The number of carbonyl (C=O) groups is 1. The van der Waals surface area contributed by atoms with Gasteiger partial charge in [-0.05, 0) is 61.8 Å². The molecular weight excluding hydrogens is 406 g/mol. The lowest BCUT2D eigenvalue weighted by atomic mass is 10.1. The highest BCUT2D eigenvalue weighted by molar-refractivity contribution is 5.67. The van der Waals surface area contributed by atoms with E-state index < -0.39 is 5.60 Å². The summed E-state index contributed by atoms with van der Waals surface area (Å²) in [5.41, 5.74) is 1.95. The first-order valence-corrected chi connectivity index (χ1v) is 11.4. The zero-order chi connectivity index (χ0) is 22.3. The van der Waals surface area contributed by atoms with Crippen molar-refractivity contribution >= 4 is 6.09 Å². The van der Waals surface area contributed by atoms with Crippen molar-refractivity contribution in [3.8, 4) is 11.6 Å². The number of hydrogen-bond acceptors (Lipinski definition) is 6. The number of piperidine rings is 1. The van der Waals surface area contributed by atoms with Gasteiger partial charge in [-0.1, -0.05) is 24.3 Å². The molecule has 2 fully saturated rings. The second-order valence-electron chi connectivity index (χ2n) is 10.0. The summed E-state index contributed by atoms with van der Waals surface area (Å²) in [7, 11) is 0. The lowest BCUT2D eigenvalue weighted by Crippen LogP contribution is -2.35. The van der Waals surface area contributed by atoms with Crippen LogP contribution in [-0.2, 0) is 11.3 Å². The minimum Gasteiger partial charge on any atom is -0.484 e. The first-order valence-electron chi connectivity index (χ1n) is 11.4. The molecule has 1 saturated heterocycles. The number of nitrogens with zero attached hydrogens (tertiary/aromatic N) is 2. The standard InChI is InChI=1S/C25H31N3O4/c1-25(2,3)32-24(29)27-11-18-19-13-28(14-20(18)19)12-16-6-8-17(9-7-16)22-15-30-21-5-4-10-26-23(21)31-22/h4-10,18-20,22H,11-15H2,1-3H3,(H,27,29)/t18-,19-,20+,22-/m1/s1. The number of nitrogens with one attached hydrogen (secondary N) is 1. The van der Waals surface area contributed by atoms with E-state index in [1.54, 1.807) is 6.20 Å². The summed E-state index contributed by atoms with van der Waals surface area (Å²) in [6.45, 7) is 10.00. The summed E-state index contributed by atoms with van der Waals surface area (Å²) in [6.07, 6.45) is 1.27. The van der Waals surface area contributed by atoms with Gasteiger partial charge in [-0.25, -0.2) is 9.78 Å². The Labute approximate surface area is 189 Å². The highest BCUT2D eigenvalue weighted by Gasteiger charge is 2.55. The van der Waals surface area contributed by atoms with E-state index >= 15 is 0 Å². The maximum absolute atomic E-state index is 11.9. The van der Waals surface area contributed by atoms with Crippen molar-refractivity contribution in [2.24, 2.45) is 17.8 Å². The molecule has 0 radical (unpaired) electrons. The highest BCUT2D eigenvalue weighted by atomic mass is 16.6. The number of hydrogen-bond donors (Lipinski definition) is 1. The lowest BCUT2D eigenvalue weighted by Gasteiger charge is -2.26. The minimum absolute atomic E-state index is 0.135. The van der Waals surface area contributed by atoms with Gasteiger partial charge >= 0.3 is 6.09 Å². The monoisotopic (exact) mass is 437 g/mol. The van der Waals surface area contributed by atoms with E-state index in [9.17, 15) is 4.79 Å². The van der Waals surface area contributed by atoms with E-state index in [1.807, 2.05) is 32.9 Å². The summed E-state index contributed by atoms with van der Waals surface area (Å²) >= 11 is 0. The Bertz CT molecular complexity index is 960. The molecule has 7 nitrogen and oxygen atoms in total. The number of pyridine rings is 1. The number of fused-ring (bicyclic) bond motifs is 2. The Morgan fingerprint density at radius 2 is 1.94 bits per heavy atom. The molecule has 3 heterocycles. The van der Waals surface area contributed by atoms with Gasteiger partial charge in [0.2, 0.25) is 0 Å². The van der Waals surface area contributed by atoms with Crippen LogP contribution >= 0.6 is 0 Å². The Morgan fingerprint density at radius 3 is 2.66 bits per heavy atom. The number of ether oxygens (including phenoxy) is 3. The fourth-order valence-electron chi connectivity index (χ4n) is 4.85. The van der Waals surface area contributed by atoms with E-state index in [4.69, 9.17) is 14.2 Å². The van der Waals surface area contributed by atoms with Gasteiger partial charge in [0.05, 0.1) is 0 Å². The third kappa shape index (κ3) is 4.67. The van der Waals surface area contributed by atoms with Crippen LogP contribution in [0.5, 0.6) is 11.6 Å². The Hall–Kier alpha value is -2.80. The van der Waals surface area contributed by atoms with Crippen LogP contribution in [0.25, 0.3) is 0 Å². The predicted molar refractivity (Wildman–Crippen MR) is 120 cm³/mol. The number of amides is 1. The van der Waals surface area contributed by atoms with Crippen molar-refractivity contribution in [1.29, 1.82) is 0 Å². The molecule has 1 aromatic heterocycles. The zero-order valence-electron chi connectivity index (χ0n) is 18.9. The first-order chi connectivity index (χ1) is 15.4. The molecule has 1 aliphatic carbocycles. The van der Waals surface area contributed by atoms with Crippen LogP contribution < -0.4 is 14.8 Å². The number of likely N-dealkylation sites (tertiary alicyclic amines) is 1. The maximum Gasteiger partial charge on any atom is 0.407 e. The molecule has 0 spiro atoms. The summed E-state index contributed by atoms with van der Waals surface area (Å²) in [4.78, 5) is 18.6. The second-order valence-corrected chi connectivity index (χ2v) is 10.0. The quantitative estimate of drug-likeness (QED) is 0.767. The van der Waals surface area contributed by atoms with E-state index in [1.165, 1.54) is 5.56 Å². The summed E-state index contributed by atoms with van der Waals surface area (Å²) < 4.78 is 17.1. The molecule has 1 N–H and O–H groups in total. The van der Waals surface area contributed by atoms with Crippen molar-refractivity contribution in [3.63, 3.8) is 0 Å². The number of alkyl carbamates (subject to hydrolysis) is 1. The van der Waals surface area contributed by atoms with Gasteiger partial charge in [0.1, 0.15) is 12.2 Å². The van der Waals surface area contributed by atoms with Crippen LogP contribution in [0, 0.1) is 17.8 Å². The molecule has 0 bridgehead atoms. The SMILES string of the molecule is CC(C)(C)OC(=O)NC[C@@H]1[C@H]2CN(Cc3ccc([C@H]4COc5cccnc5O4)cc3)C[C@@H]12. The molecule has 1 saturated carbocycles. The summed E-state index contributed by atoms with van der Waals surface area (Å²) in [5, 5.41) is 2.93. The Kier molecular flexibility index (Phi) is 5.45. The smallest absolute Gasteiger partial charge is 0.407 e. The van der Waals surface area contributed by atoms with Crippen LogP contribution in [0.1, 0.15) is 38.0 Å². The third-order valence-electron chi connectivity index (χ3n) is 6.47. The Morgan fingerprint density at radius 1 is 1.19 bits per heavy atom. The highest BCUT2D eigenvalue weighted by Crippen LogP contribution is 2.51. The van der Waals surface area contributed by atoms with Crippen molar-refractivity contribution in [2.75, 3.05) is 26.2 Å². The average molecular weight is 438 g/mol. The van der Waals surface area contributed by atoms with Crippen LogP contribution in [0.3, 0.4) is 0 Å². The molecule has 0 unspecified atom stereocenters. The zero-order valence-corrected chi connectivity index (χ0v) is 18.9. The molecule has 2 aromatic rings. The van der Waals surface area contributed by atoms with Gasteiger partial charge in [0, 0.05) is 32.4 Å². The first kappa shape index (κ1) is 21.1. The number of benzene rings is 1. The van der Waals surface area contributed by atoms with Crippen LogP contribution in [0.4, 0.5) is 4.79 Å². The van der Waals surface area contributed by atoms with Crippen LogP contribution in [-0.4, -0.2) is 47.8 Å². The van der Waals surface area contributed by atoms with Gasteiger partial charge in [0.15, 0.2) is 11.9 Å². The molecule has 5 rings (SSSR count). The predicted octanol–water partition coefficient (Wildman–Crippen LogP) is 3.80. The van der Waals surface area contributed by atoms with E-state index in [0.717, 1.165) is 25.2 Å². The van der Waals surface area contributed by atoms with E-state index in [-0.39, 0.29) is 12.2 Å². The maximum atomic E-state index is 11.9. The van der Waals surface area contributed by atoms with Crippen LogP contribution in [0.2, 0.25) is 0 Å². The number of aromatic nitrogens is 1. The van der Waals surface area contributed by atoms with Crippen molar-refractivity contribution in [1.82, 2.24) is 15.2 Å². The van der Waals surface area contributed by atoms with Gasteiger partial charge < -0.3 is 19.5 Å². The van der Waals surface area contributed by atoms with Gasteiger partial charge in [0.25, 0.3) is 5.88 Å². The Balaban J connectivity index is 1.07. The van der Waals surface area contributed by atoms with Crippen molar-refractivity contribution < 1.29 is 19.0 Å². The molecular formula is C25H31N3O4. The normalized spacial score (nSPS) is 26.3. The molecule has 3 aliphatic rings. The topological polar surface area (TPSA) is 72.9 Å². The largest absolute Gasteiger partial charge is 0.484 e. The second kappa shape index (κ2) is 8.28. The number of carbonyl (C=O) groups excluding carboxylic acids is 1. The number of rotatable bonds is 5. The summed E-state index contributed by atoms with van der Waals surface area (Å²) in [6, 6.07) is 12.3. The van der Waals surface area contributed by atoms with Crippen LogP contribution in [0.15, 0.2) is 42.6 Å². The molecule has 2 aliphatic heterocycles. The fourth-order valence-corrected chi connectivity index (χ4v) is 4.85. The third-order valence-corrected chi connectivity index (χ3v) is 6.47. The average Bonchev–Trinajstić information content (AvgIpc) is 3.22. The van der Waals surface area contributed by atoms with E-state index in [0.29, 0.717) is 42.5 Å². The van der Waals surface area contributed by atoms with Crippen molar-refractivity contribution in [3.05, 3.63) is 53.7 Å². The van der Waals surface area contributed by atoms with Gasteiger partial charge in [-0.15, -0.1) is 0 Å². The molecule has 32 heavy (non-hydrogen) atoms. The lowest BCUT2D eigenvalue weighted by molar-refractivity contribution is 0.0522. The van der Waals surface area contributed by atoms with Crippen molar-refractivity contribution in [2.45, 2.75) is 39.0 Å².